The van der Waals surface area contributed by atoms with Crippen LogP contribution in [0.1, 0.15) is 41.7 Å². The molecule has 3 aromatic rings. The van der Waals surface area contributed by atoms with Gasteiger partial charge in [-0.3, -0.25) is 0 Å². The van der Waals surface area contributed by atoms with Crippen LogP contribution < -0.4 is 0 Å². The molecule has 0 fully saturated rings. The van der Waals surface area contributed by atoms with Gasteiger partial charge in [0.05, 0.1) is 0 Å². The lowest BCUT2D eigenvalue weighted by atomic mass is 9.82. The van der Waals surface area contributed by atoms with Gasteiger partial charge in [-0.25, -0.2) is 0 Å². The summed E-state index contributed by atoms with van der Waals surface area (Å²) in [5.41, 5.74) is 5.75. The van der Waals surface area contributed by atoms with Crippen molar-refractivity contribution in [1.82, 2.24) is 0 Å². The second-order valence-corrected chi connectivity index (χ2v) is 6.27. The molecule has 0 spiro atoms. The van der Waals surface area contributed by atoms with Gasteiger partial charge in [0.15, 0.2) is 0 Å². The van der Waals surface area contributed by atoms with Crippen molar-refractivity contribution in [3.8, 4) is 0 Å². The van der Waals surface area contributed by atoms with Crippen molar-refractivity contribution in [2.75, 3.05) is 0 Å². The molecule has 0 N–H and O–H groups in total. The number of alkyl halides is 1. The van der Waals surface area contributed by atoms with Crippen LogP contribution in [0, 0.1) is 13.8 Å². The van der Waals surface area contributed by atoms with E-state index >= 15 is 0 Å². The first kappa shape index (κ1) is 18.3. The van der Waals surface area contributed by atoms with E-state index in [9.17, 15) is 0 Å². The first-order valence-corrected chi connectivity index (χ1v) is 8.88. The number of halogens is 1. The van der Waals surface area contributed by atoms with E-state index in [1.54, 1.807) is 0 Å². The van der Waals surface area contributed by atoms with Gasteiger partial charge in [0.1, 0.15) is 4.87 Å². The molecule has 0 aliphatic carbocycles. The van der Waals surface area contributed by atoms with Gasteiger partial charge in [-0.1, -0.05) is 98.3 Å². The van der Waals surface area contributed by atoms with Crippen LogP contribution in [-0.4, -0.2) is 0 Å². The summed E-state index contributed by atoms with van der Waals surface area (Å²) >= 11 is 7.27. The second-order valence-electron chi connectivity index (χ2n) is 5.71. The van der Waals surface area contributed by atoms with Crippen molar-refractivity contribution in [1.29, 1.82) is 0 Å². The van der Waals surface area contributed by atoms with Crippen molar-refractivity contribution in [2.24, 2.45) is 0 Å². The van der Waals surface area contributed by atoms with Gasteiger partial charge < -0.3 is 0 Å². The highest BCUT2D eigenvalue weighted by atomic mass is 35.5. The smallest absolute Gasteiger partial charge is 0.104 e. The Morgan fingerprint density at radius 1 is 0.625 bits per heavy atom. The molecule has 0 aliphatic rings. The molecule has 24 heavy (non-hydrogen) atoms. The normalized spacial score (nSPS) is 12.7. The van der Waals surface area contributed by atoms with Crippen molar-refractivity contribution >= 4 is 11.6 Å². The quantitative estimate of drug-likeness (QED) is 0.362. The van der Waals surface area contributed by atoms with E-state index in [2.05, 4.69) is 74.5 Å². The van der Waals surface area contributed by atoms with E-state index in [1.165, 1.54) is 11.1 Å². The summed E-state index contributed by atoms with van der Waals surface area (Å²) in [6.45, 7) is 8.21. The third kappa shape index (κ3) is 3.55. The first-order chi connectivity index (χ1) is 11.6. The maximum absolute atomic E-state index is 7.27. The first-order valence-electron chi connectivity index (χ1n) is 8.50. The summed E-state index contributed by atoms with van der Waals surface area (Å²) in [5, 5.41) is 0. The van der Waals surface area contributed by atoms with Crippen LogP contribution in [0.4, 0.5) is 0 Å². The van der Waals surface area contributed by atoms with Crippen LogP contribution in [0.15, 0.2) is 78.9 Å². The fourth-order valence-corrected chi connectivity index (χ4v) is 3.35. The topological polar surface area (TPSA) is 0 Å². The molecule has 1 unspecified atom stereocenters. The minimum absolute atomic E-state index is 0.666. The molecule has 0 aromatic heterocycles. The standard InChI is InChI=1S/C21H19Cl.C2H6/c1-16-12-14-19(15-13-16)21(22,18-9-4-3-5-10-18)20-11-7-6-8-17(20)2;1-2/h3-15H,1-2H3;1-2H3. The van der Waals surface area contributed by atoms with Crippen molar-refractivity contribution in [3.63, 3.8) is 0 Å². The fraction of sp³-hybridized carbons (Fsp3) is 0.217. The molecule has 0 heterocycles. The van der Waals surface area contributed by atoms with Gasteiger partial charge in [0.25, 0.3) is 0 Å². The summed E-state index contributed by atoms with van der Waals surface area (Å²) < 4.78 is 0. The molecule has 124 valence electrons. The van der Waals surface area contributed by atoms with Crippen molar-refractivity contribution in [2.45, 2.75) is 32.6 Å². The Labute approximate surface area is 151 Å². The molecule has 3 rings (SSSR count). The third-order valence-corrected chi connectivity index (χ3v) is 4.78. The summed E-state index contributed by atoms with van der Waals surface area (Å²) in [4.78, 5) is -0.666. The Hall–Kier alpha value is -2.05. The average Bonchev–Trinajstić information content (AvgIpc) is 2.64. The molecule has 0 bridgehead atoms. The molecule has 0 aliphatic heterocycles. The molecule has 0 amide bonds. The maximum atomic E-state index is 7.27. The Morgan fingerprint density at radius 3 is 1.71 bits per heavy atom. The predicted octanol–water partition coefficient (Wildman–Crippen LogP) is 6.86. The average molecular weight is 337 g/mol. The van der Waals surface area contributed by atoms with E-state index in [4.69, 9.17) is 11.6 Å². The van der Waals surface area contributed by atoms with E-state index in [0.717, 1.165) is 16.7 Å². The second kappa shape index (κ2) is 8.17. The molecular weight excluding hydrogens is 312 g/mol. The van der Waals surface area contributed by atoms with Crippen LogP contribution in [0.2, 0.25) is 0 Å². The maximum Gasteiger partial charge on any atom is 0.120 e. The van der Waals surface area contributed by atoms with Gasteiger partial charge in [0, 0.05) is 0 Å². The highest BCUT2D eigenvalue weighted by Gasteiger charge is 2.34. The molecule has 1 heteroatoms. The minimum atomic E-state index is -0.666. The zero-order valence-electron chi connectivity index (χ0n) is 14.9. The Balaban J connectivity index is 0.00000100. The van der Waals surface area contributed by atoms with Gasteiger partial charge in [0.2, 0.25) is 0 Å². The SMILES string of the molecule is CC.Cc1ccc(C(Cl)(c2ccccc2)c2ccccc2C)cc1. The van der Waals surface area contributed by atoms with Gasteiger partial charge in [-0.15, -0.1) is 11.6 Å². The number of hydrogen-bond donors (Lipinski definition) is 0. The third-order valence-electron chi connectivity index (χ3n) is 4.14. The lowest BCUT2D eigenvalue weighted by molar-refractivity contribution is 0.868. The molecule has 1 atom stereocenters. The van der Waals surface area contributed by atoms with Gasteiger partial charge in [-0.2, -0.15) is 0 Å². The molecule has 0 saturated carbocycles. The molecule has 0 nitrogen and oxygen atoms in total. The molecule has 0 saturated heterocycles. The Morgan fingerprint density at radius 2 is 1.12 bits per heavy atom. The molecular formula is C23H25Cl. The number of hydrogen-bond acceptors (Lipinski definition) is 0. The van der Waals surface area contributed by atoms with Crippen LogP contribution in [0.25, 0.3) is 0 Å². The van der Waals surface area contributed by atoms with Crippen LogP contribution in [0.3, 0.4) is 0 Å². The zero-order valence-corrected chi connectivity index (χ0v) is 15.6. The lowest BCUT2D eigenvalue weighted by Gasteiger charge is -2.30. The summed E-state index contributed by atoms with van der Waals surface area (Å²) in [6.07, 6.45) is 0. The molecule has 3 aromatic carbocycles. The molecule has 0 radical (unpaired) electrons. The summed E-state index contributed by atoms with van der Waals surface area (Å²) in [5.74, 6) is 0. The minimum Gasteiger partial charge on any atom is -0.104 e. The summed E-state index contributed by atoms with van der Waals surface area (Å²) in [6, 6.07) is 27.1. The van der Waals surface area contributed by atoms with E-state index in [0.29, 0.717) is 0 Å². The highest BCUT2D eigenvalue weighted by Crippen LogP contribution is 2.44. The van der Waals surface area contributed by atoms with Crippen LogP contribution >= 0.6 is 11.6 Å². The fourth-order valence-electron chi connectivity index (χ4n) is 2.89. The van der Waals surface area contributed by atoms with Crippen molar-refractivity contribution < 1.29 is 0 Å². The van der Waals surface area contributed by atoms with Crippen LogP contribution in [-0.2, 0) is 4.87 Å². The lowest BCUT2D eigenvalue weighted by Crippen LogP contribution is -2.23. The summed E-state index contributed by atoms with van der Waals surface area (Å²) in [7, 11) is 0. The van der Waals surface area contributed by atoms with Gasteiger partial charge >= 0.3 is 0 Å². The zero-order chi connectivity index (χ0) is 17.6. The largest absolute Gasteiger partial charge is 0.120 e. The number of benzene rings is 3. The number of aryl methyl sites for hydroxylation is 2. The van der Waals surface area contributed by atoms with E-state index in [1.807, 2.05) is 32.0 Å². The number of rotatable bonds is 3. The van der Waals surface area contributed by atoms with Crippen LogP contribution in [0.5, 0.6) is 0 Å². The van der Waals surface area contributed by atoms with E-state index < -0.39 is 4.87 Å². The van der Waals surface area contributed by atoms with Crippen molar-refractivity contribution in [3.05, 3.63) is 107 Å². The Kier molecular flexibility index (Phi) is 6.23. The van der Waals surface area contributed by atoms with E-state index in [-0.39, 0.29) is 0 Å². The van der Waals surface area contributed by atoms with Gasteiger partial charge in [-0.05, 0) is 36.1 Å². The highest BCUT2D eigenvalue weighted by molar-refractivity contribution is 6.28. The monoisotopic (exact) mass is 336 g/mol. The Bertz CT molecular complexity index is 760. The predicted molar refractivity (Wildman–Crippen MR) is 106 cm³/mol.